The van der Waals surface area contributed by atoms with E-state index in [9.17, 15) is 9.59 Å². The first-order valence-corrected chi connectivity index (χ1v) is 8.71. The Bertz CT molecular complexity index is 574. The number of amides is 2. The smallest absolute Gasteiger partial charge is 0.408 e. The Morgan fingerprint density at radius 2 is 1.91 bits per heavy atom. The quantitative estimate of drug-likeness (QED) is 0.879. The Morgan fingerprint density at radius 1 is 1.26 bits per heavy atom. The molecular formula is C15H24N4O3S. The van der Waals surface area contributed by atoms with E-state index in [4.69, 9.17) is 4.74 Å². The summed E-state index contributed by atoms with van der Waals surface area (Å²) in [5.74, 6) is -0.250. The van der Waals surface area contributed by atoms with Gasteiger partial charge in [0.05, 0.1) is 0 Å². The molecule has 7 nitrogen and oxygen atoms in total. The van der Waals surface area contributed by atoms with E-state index in [1.165, 1.54) is 11.3 Å². The van der Waals surface area contributed by atoms with Crippen molar-refractivity contribution >= 4 is 28.5 Å². The number of hydrogen-bond donors (Lipinski definition) is 2. The Kier molecular flexibility index (Phi) is 5.23. The lowest BCUT2D eigenvalue weighted by Crippen LogP contribution is -2.55. The molecule has 1 fully saturated rings. The predicted molar refractivity (Wildman–Crippen MR) is 88.5 cm³/mol. The average molecular weight is 340 g/mol. The monoisotopic (exact) mass is 340 g/mol. The lowest BCUT2D eigenvalue weighted by atomic mass is 9.96. The number of aromatic nitrogens is 2. The molecule has 8 heteroatoms. The predicted octanol–water partition coefficient (Wildman–Crippen LogP) is 2.88. The maximum atomic E-state index is 12.7. The zero-order chi connectivity index (χ0) is 17.1. The van der Waals surface area contributed by atoms with Crippen molar-refractivity contribution in [3.8, 4) is 0 Å². The minimum Gasteiger partial charge on any atom is -0.444 e. The minimum atomic E-state index is -0.930. The number of nitrogens with zero attached hydrogens (tertiary/aromatic N) is 2. The van der Waals surface area contributed by atoms with Crippen LogP contribution in [0, 0.1) is 0 Å². The molecule has 1 aliphatic carbocycles. The van der Waals surface area contributed by atoms with Gasteiger partial charge in [0.15, 0.2) is 0 Å². The number of hydrogen-bond acceptors (Lipinski definition) is 6. The van der Waals surface area contributed by atoms with Crippen molar-refractivity contribution in [3.05, 3.63) is 5.01 Å². The van der Waals surface area contributed by atoms with Crippen molar-refractivity contribution in [1.29, 1.82) is 0 Å². The third-order valence-corrected chi connectivity index (χ3v) is 4.60. The molecule has 23 heavy (non-hydrogen) atoms. The van der Waals surface area contributed by atoms with E-state index in [0.29, 0.717) is 18.0 Å². The largest absolute Gasteiger partial charge is 0.444 e. The molecule has 1 heterocycles. The number of anilines is 1. The summed E-state index contributed by atoms with van der Waals surface area (Å²) in [6.07, 6.45) is 3.17. The van der Waals surface area contributed by atoms with Crippen LogP contribution in [0.4, 0.5) is 9.93 Å². The molecule has 128 valence electrons. The zero-order valence-electron chi connectivity index (χ0n) is 14.1. The first-order valence-electron chi connectivity index (χ1n) is 7.89. The molecule has 1 saturated carbocycles. The van der Waals surface area contributed by atoms with E-state index in [1.54, 1.807) is 20.8 Å². The second-order valence-electron chi connectivity index (χ2n) is 6.72. The lowest BCUT2D eigenvalue weighted by molar-refractivity contribution is -0.122. The van der Waals surface area contributed by atoms with Crippen LogP contribution < -0.4 is 10.6 Å². The first kappa shape index (κ1) is 17.7. The van der Waals surface area contributed by atoms with Crippen molar-refractivity contribution in [2.75, 3.05) is 5.32 Å². The molecule has 1 aliphatic rings. The molecule has 1 aromatic heterocycles. The SMILES string of the molecule is CCc1nnc(NC(=O)C2(NC(=O)OC(C)(C)C)CCCC2)s1. The zero-order valence-corrected chi connectivity index (χ0v) is 14.9. The Labute approximate surface area is 140 Å². The van der Waals surface area contributed by atoms with Gasteiger partial charge in [-0.25, -0.2) is 4.79 Å². The van der Waals surface area contributed by atoms with Crippen molar-refractivity contribution in [2.45, 2.75) is 70.9 Å². The molecule has 0 bridgehead atoms. The molecule has 0 aliphatic heterocycles. The molecule has 0 saturated heterocycles. The fourth-order valence-electron chi connectivity index (χ4n) is 2.55. The van der Waals surface area contributed by atoms with E-state index >= 15 is 0 Å². The normalized spacial score (nSPS) is 16.9. The van der Waals surface area contributed by atoms with Gasteiger partial charge in [0.1, 0.15) is 16.1 Å². The van der Waals surface area contributed by atoms with E-state index < -0.39 is 17.2 Å². The highest BCUT2D eigenvalue weighted by Gasteiger charge is 2.43. The van der Waals surface area contributed by atoms with Gasteiger partial charge in [-0.05, 0) is 40.0 Å². The number of carbonyl (C=O) groups is 2. The standard InChI is InChI=1S/C15H24N4O3S/c1-5-10-18-19-12(23-10)16-11(20)15(8-6-7-9-15)17-13(21)22-14(2,3)4/h5-9H2,1-4H3,(H,17,21)(H,16,19,20). The molecule has 0 spiro atoms. The third kappa shape index (κ3) is 4.63. The van der Waals surface area contributed by atoms with Crippen LogP contribution in [0.25, 0.3) is 0 Å². The summed E-state index contributed by atoms with van der Waals surface area (Å²) in [6, 6.07) is 0. The van der Waals surface area contributed by atoms with Gasteiger partial charge in [-0.1, -0.05) is 31.1 Å². The highest BCUT2D eigenvalue weighted by Crippen LogP contribution is 2.32. The van der Waals surface area contributed by atoms with Gasteiger partial charge in [-0.3, -0.25) is 10.1 Å². The van der Waals surface area contributed by atoms with Gasteiger partial charge in [0, 0.05) is 0 Å². The molecule has 2 rings (SSSR count). The lowest BCUT2D eigenvalue weighted by Gasteiger charge is -2.30. The highest BCUT2D eigenvalue weighted by molar-refractivity contribution is 7.15. The maximum Gasteiger partial charge on any atom is 0.408 e. The second-order valence-corrected chi connectivity index (χ2v) is 7.79. The number of carbonyl (C=O) groups excluding carboxylic acids is 2. The summed E-state index contributed by atoms with van der Waals surface area (Å²) in [7, 11) is 0. The Morgan fingerprint density at radius 3 is 2.43 bits per heavy atom. The topological polar surface area (TPSA) is 93.2 Å². The van der Waals surface area contributed by atoms with E-state index in [2.05, 4.69) is 20.8 Å². The summed E-state index contributed by atoms with van der Waals surface area (Å²) in [6.45, 7) is 7.36. The molecular weight excluding hydrogens is 316 g/mol. The minimum absolute atomic E-state index is 0.250. The van der Waals surface area contributed by atoms with E-state index in [1.807, 2.05) is 6.92 Å². The van der Waals surface area contributed by atoms with Gasteiger partial charge < -0.3 is 10.1 Å². The van der Waals surface area contributed by atoms with Crippen molar-refractivity contribution in [3.63, 3.8) is 0 Å². The summed E-state index contributed by atoms with van der Waals surface area (Å²) in [5, 5.41) is 14.8. The Balaban J connectivity index is 2.07. The van der Waals surface area contributed by atoms with Gasteiger partial charge in [0.25, 0.3) is 5.91 Å². The number of alkyl carbamates (subject to hydrolysis) is 1. The highest BCUT2D eigenvalue weighted by atomic mass is 32.1. The van der Waals surface area contributed by atoms with E-state index in [0.717, 1.165) is 24.3 Å². The number of ether oxygens (including phenoxy) is 1. The number of rotatable bonds is 4. The molecule has 0 aromatic carbocycles. The third-order valence-electron chi connectivity index (χ3n) is 3.62. The van der Waals surface area contributed by atoms with Gasteiger partial charge in [-0.15, -0.1) is 10.2 Å². The molecule has 0 radical (unpaired) electrons. The number of nitrogens with one attached hydrogen (secondary N) is 2. The van der Waals surface area contributed by atoms with Crippen LogP contribution >= 0.6 is 11.3 Å². The molecule has 0 atom stereocenters. The summed E-state index contributed by atoms with van der Waals surface area (Å²) < 4.78 is 5.29. The fourth-order valence-corrected chi connectivity index (χ4v) is 3.22. The van der Waals surface area contributed by atoms with Crippen LogP contribution in [0.15, 0.2) is 0 Å². The number of aryl methyl sites for hydroxylation is 1. The molecule has 0 unspecified atom stereocenters. The van der Waals surface area contributed by atoms with Crippen LogP contribution in [0.3, 0.4) is 0 Å². The first-order chi connectivity index (χ1) is 10.7. The van der Waals surface area contributed by atoms with Gasteiger partial charge in [-0.2, -0.15) is 0 Å². The summed E-state index contributed by atoms with van der Waals surface area (Å²) in [4.78, 5) is 24.8. The van der Waals surface area contributed by atoms with Crippen molar-refractivity contribution < 1.29 is 14.3 Å². The molecule has 2 N–H and O–H groups in total. The van der Waals surface area contributed by atoms with E-state index in [-0.39, 0.29) is 5.91 Å². The van der Waals surface area contributed by atoms with Crippen LogP contribution in [-0.4, -0.2) is 33.3 Å². The summed E-state index contributed by atoms with van der Waals surface area (Å²) >= 11 is 1.35. The summed E-state index contributed by atoms with van der Waals surface area (Å²) in [5.41, 5.74) is -1.53. The van der Waals surface area contributed by atoms with Gasteiger partial charge >= 0.3 is 6.09 Å². The van der Waals surface area contributed by atoms with Crippen LogP contribution in [0.5, 0.6) is 0 Å². The van der Waals surface area contributed by atoms with Gasteiger partial charge in [0.2, 0.25) is 5.13 Å². The average Bonchev–Trinajstić information content (AvgIpc) is 3.06. The van der Waals surface area contributed by atoms with Crippen molar-refractivity contribution in [1.82, 2.24) is 15.5 Å². The van der Waals surface area contributed by atoms with Crippen LogP contribution in [0.2, 0.25) is 0 Å². The van der Waals surface area contributed by atoms with Crippen LogP contribution in [0.1, 0.15) is 58.4 Å². The second kappa shape index (κ2) is 6.82. The maximum absolute atomic E-state index is 12.7. The molecule has 1 aromatic rings. The van der Waals surface area contributed by atoms with Crippen LogP contribution in [-0.2, 0) is 16.0 Å². The Hall–Kier alpha value is -1.70. The fraction of sp³-hybridized carbons (Fsp3) is 0.733. The van der Waals surface area contributed by atoms with Crippen molar-refractivity contribution in [2.24, 2.45) is 0 Å². The molecule has 2 amide bonds.